The maximum atomic E-state index is 12.0. The van der Waals surface area contributed by atoms with E-state index in [4.69, 9.17) is 9.84 Å². The minimum absolute atomic E-state index is 0.0155. The molecule has 120 valence electrons. The van der Waals surface area contributed by atoms with Gasteiger partial charge in [0.1, 0.15) is 6.61 Å². The van der Waals surface area contributed by atoms with Gasteiger partial charge in [-0.25, -0.2) is 4.79 Å². The van der Waals surface area contributed by atoms with Crippen LogP contribution in [0.5, 0.6) is 0 Å². The zero-order valence-corrected chi connectivity index (χ0v) is 12.4. The Balaban J connectivity index is 1.67. The Morgan fingerprint density at radius 3 is 2.41 bits per heavy atom. The summed E-state index contributed by atoms with van der Waals surface area (Å²) in [5.41, 5.74) is -0.551. The molecule has 1 aromatic carbocycles. The average Bonchev–Trinajstić information content (AvgIpc) is 2.53. The molecule has 0 bridgehead atoms. The van der Waals surface area contributed by atoms with Gasteiger partial charge >= 0.3 is 5.97 Å². The van der Waals surface area contributed by atoms with Crippen molar-refractivity contribution in [3.63, 3.8) is 0 Å². The van der Waals surface area contributed by atoms with Gasteiger partial charge in [0, 0.05) is 25.9 Å². The van der Waals surface area contributed by atoms with E-state index in [1.165, 1.54) is 0 Å². The van der Waals surface area contributed by atoms with Crippen LogP contribution in [0, 0.1) is 0 Å². The molecule has 1 fully saturated rings. The van der Waals surface area contributed by atoms with Gasteiger partial charge in [0.15, 0.2) is 5.60 Å². The number of carbonyl (C=O) groups is 2. The quantitative estimate of drug-likeness (QED) is 0.755. The molecule has 2 N–H and O–H groups in total. The van der Waals surface area contributed by atoms with Crippen LogP contribution in [-0.4, -0.2) is 58.9 Å². The monoisotopic (exact) mass is 307 g/mol. The van der Waals surface area contributed by atoms with E-state index in [0.717, 1.165) is 12.0 Å². The van der Waals surface area contributed by atoms with Gasteiger partial charge < -0.3 is 19.8 Å². The summed E-state index contributed by atoms with van der Waals surface area (Å²) in [5.74, 6) is -1.39. The van der Waals surface area contributed by atoms with Crippen molar-refractivity contribution in [2.45, 2.75) is 24.9 Å². The van der Waals surface area contributed by atoms with Gasteiger partial charge in [0.25, 0.3) is 0 Å². The van der Waals surface area contributed by atoms with Gasteiger partial charge in [0.2, 0.25) is 5.91 Å². The molecule has 0 spiro atoms. The summed E-state index contributed by atoms with van der Waals surface area (Å²) in [7, 11) is 0. The van der Waals surface area contributed by atoms with Crippen molar-refractivity contribution in [2.24, 2.45) is 0 Å². The zero-order chi connectivity index (χ0) is 16.0. The maximum absolute atomic E-state index is 12.0. The first-order valence-corrected chi connectivity index (χ1v) is 7.36. The van der Waals surface area contributed by atoms with Crippen molar-refractivity contribution >= 4 is 11.9 Å². The molecule has 0 aromatic heterocycles. The number of nitrogens with zero attached hydrogens (tertiary/aromatic N) is 1. The number of piperidine rings is 1. The molecule has 1 saturated heterocycles. The average molecular weight is 307 g/mol. The van der Waals surface area contributed by atoms with Crippen molar-refractivity contribution in [3.05, 3.63) is 35.9 Å². The molecule has 1 aromatic rings. The number of carbonyl (C=O) groups excluding carboxylic acids is 1. The van der Waals surface area contributed by atoms with E-state index >= 15 is 0 Å². The van der Waals surface area contributed by atoms with E-state index in [-0.39, 0.29) is 38.4 Å². The Labute approximate surface area is 129 Å². The lowest BCUT2D eigenvalue weighted by molar-refractivity contribution is -0.166. The zero-order valence-electron chi connectivity index (χ0n) is 12.4. The Kier molecular flexibility index (Phi) is 5.51. The fraction of sp³-hybridized carbons (Fsp3) is 0.500. The molecule has 2 rings (SSSR count). The van der Waals surface area contributed by atoms with Gasteiger partial charge in [-0.05, 0) is 12.0 Å². The smallest absolute Gasteiger partial charge is 0.335 e. The first-order valence-electron chi connectivity index (χ1n) is 7.36. The van der Waals surface area contributed by atoms with E-state index in [1.807, 2.05) is 30.3 Å². The molecule has 1 aliphatic rings. The highest BCUT2D eigenvalue weighted by molar-refractivity contribution is 5.80. The van der Waals surface area contributed by atoms with Gasteiger partial charge in [-0.3, -0.25) is 4.79 Å². The minimum atomic E-state index is -1.70. The summed E-state index contributed by atoms with van der Waals surface area (Å²) in [6.07, 6.45) is 0.850. The lowest BCUT2D eigenvalue weighted by Gasteiger charge is -2.35. The molecule has 6 heteroatoms. The van der Waals surface area contributed by atoms with Gasteiger partial charge in [-0.1, -0.05) is 30.3 Å². The standard InChI is InChI=1S/C16H21NO5/c18-14(12-22-11-6-13-4-2-1-3-5-13)17-9-7-16(21,8-10-17)15(19)20/h1-5,21H,6-12H2,(H,19,20). The summed E-state index contributed by atoms with van der Waals surface area (Å²) < 4.78 is 5.38. The molecule has 1 aliphatic heterocycles. The number of ether oxygens (including phenoxy) is 1. The predicted octanol–water partition coefficient (Wildman–Crippen LogP) is 0.684. The third-order valence-electron chi connectivity index (χ3n) is 3.94. The van der Waals surface area contributed by atoms with E-state index in [9.17, 15) is 14.7 Å². The van der Waals surface area contributed by atoms with Crippen molar-refractivity contribution in [1.29, 1.82) is 0 Å². The molecule has 1 heterocycles. The number of hydrogen-bond acceptors (Lipinski definition) is 4. The molecule has 0 unspecified atom stereocenters. The number of hydrogen-bond donors (Lipinski definition) is 2. The fourth-order valence-electron chi connectivity index (χ4n) is 2.43. The molecule has 0 radical (unpaired) electrons. The number of carboxylic acid groups (broad SMARTS) is 1. The highest BCUT2D eigenvalue weighted by Crippen LogP contribution is 2.22. The number of aliphatic hydroxyl groups is 1. The largest absolute Gasteiger partial charge is 0.479 e. The van der Waals surface area contributed by atoms with E-state index in [1.54, 1.807) is 4.90 Å². The van der Waals surface area contributed by atoms with Crippen LogP contribution in [0.15, 0.2) is 30.3 Å². The van der Waals surface area contributed by atoms with Crippen LogP contribution in [-0.2, 0) is 20.7 Å². The second kappa shape index (κ2) is 7.38. The van der Waals surface area contributed by atoms with Crippen LogP contribution >= 0.6 is 0 Å². The van der Waals surface area contributed by atoms with Crippen LogP contribution < -0.4 is 0 Å². The van der Waals surface area contributed by atoms with E-state index in [0.29, 0.717) is 6.61 Å². The number of likely N-dealkylation sites (tertiary alicyclic amines) is 1. The van der Waals surface area contributed by atoms with E-state index in [2.05, 4.69) is 0 Å². The lowest BCUT2D eigenvalue weighted by Crippen LogP contribution is -2.51. The summed E-state index contributed by atoms with van der Waals surface area (Å²) in [4.78, 5) is 24.4. The maximum Gasteiger partial charge on any atom is 0.335 e. The van der Waals surface area contributed by atoms with Gasteiger partial charge in [-0.15, -0.1) is 0 Å². The van der Waals surface area contributed by atoms with Gasteiger partial charge in [-0.2, -0.15) is 0 Å². The van der Waals surface area contributed by atoms with Crippen molar-refractivity contribution in [2.75, 3.05) is 26.3 Å². The number of rotatable bonds is 6. The Bertz CT molecular complexity index is 509. The SMILES string of the molecule is O=C(COCCc1ccccc1)N1CCC(O)(C(=O)O)CC1. The molecule has 0 saturated carbocycles. The molecule has 22 heavy (non-hydrogen) atoms. The first kappa shape index (κ1) is 16.5. The van der Waals surface area contributed by atoms with Crippen LogP contribution in [0.3, 0.4) is 0 Å². The topological polar surface area (TPSA) is 87.1 Å². The van der Waals surface area contributed by atoms with Crippen LogP contribution in [0.1, 0.15) is 18.4 Å². The van der Waals surface area contributed by atoms with E-state index < -0.39 is 11.6 Å². The highest BCUT2D eigenvalue weighted by Gasteiger charge is 2.40. The second-order valence-corrected chi connectivity index (χ2v) is 5.51. The summed E-state index contributed by atoms with van der Waals surface area (Å²) in [5, 5.41) is 18.7. The Morgan fingerprint density at radius 2 is 1.82 bits per heavy atom. The third kappa shape index (κ3) is 4.29. The number of aliphatic carboxylic acids is 1. The Hall–Kier alpha value is -1.92. The second-order valence-electron chi connectivity index (χ2n) is 5.51. The highest BCUT2D eigenvalue weighted by atomic mass is 16.5. The van der Waals surface area contributed by atoms with Crippen molar-refractivity contribution in [1.82, 2.24) is 4.90 Å². The summed E-state index contributed by atoms with van der Waals surface area (Å²) in [6.45, 7) is 0.925. The molecule has 1 amide bonds. The normalized spacial score (nSPS) is 17.2. The third-order valence-corrected chi connectivity index (χ3v) is 3.94. The van der Waals surface area contributed by atoms with Crippen molar-refractivity contribution in [3.8, 4) is 0 Å². The minimum Gasteiger partial charge on any atom is -0.479 e. The first-order chi connectivity index (χ1) is 10.5. The fourth-order valence-corrected chi connectivity index (χ4v) is 2.43. The molecular weight excluding hydrogens is 286 g/mol. The summed E-state index contributed by atoms with van der Waals surface area (Å²) >= 11 is 0. The molecule has 0 aliphatic carbocycles. The molecule has 0 atom stereocenters. The van der Waals surface area contributed by atoms with Crippen LogP contribution in [0.4, 0.5) is 0 Å². The lowest BCUT2D eigenvalue weighted by atomic mass is 9.92. The van der Waals surface area contributed by atoms with Gasteiger partial charge in [0.05, 0.1) is 6.61 Å². The number of amides is 1. The van der Waals surface area contributed by atoms with Crippen molar-refractivity contribution < 1.29 is 24.5 Å². The molecular formula is C16H21NO5. The Morgan fingerprint density at radius 1 is 1.18 bits per heavy atom. The van der Waals surface area contributed by atoms with Crippen LogP contribution in [0.25, 0.3) is 0 Å². The number of benzene rings is 1. The molecule has 6 nitrogen and oxygen atoms in total. The predicted molar refractivity (Wildman–Crippen MR) is 79.4 cm³/mol. The summed E-state index contributed by atoms with van der Waals surface area (Å²) in [6, 6.07) is 9.86. The number of carboxylic acids is 1. The van der Waals surface area contributed by atoms with Crippen LogP contribution in [0.2, 0.25) is 0 Å².